The number of rotatable bonds is 2. The molecule has 1 heterocycles. The summed E-state index contributed by atoms with van der Waals surface area (Å²) >= 11 is 13.1. The third-order valence-corrected chi connectivity index (χ3v) is 6.40. The smallest absolute Gasteiger partial charge is 0.139 e. The summed E-state index contributed by atoms with van der Waals surface area (Å²) in [4.78, 5) is 8.41. The number of H-pyrrole nitrogens is 1. The molecule has 1 aromatic heterocycles. The fourth-order valence-electron chi connectivity index (χ4n) is 4.29. The summed E-state index contributed by atoms with van der Waals surface area (Å²) in [6.07, 6.45) is 0. The largest absolute Gasteiger partial charge is 0.338 e. The molecule has 0 saturated carbocycles. The first-order valence-corrected chi connectivity index (χ1v) is 10.8. The first-order chi connectivity index (χ1) is 15.2. The van der Waals surface area contributed by atoms with Gasteiger partial charge in [-0.15, -0.1) is 0 Å². The van der Waals surface area contributed by atoms with Gasteiger partial charge >= 0.3 is 0 Å². The first-order valence-electron chi connectivity index (χ1n) is 10.0. The van der Waals surface area contributed by atoms with Crippen LogP contribution in [-0.2, 0) is 0 Å². The van der Waals surface area contributed by atoms with E-state index in [9.17, 15) is 0 Å². The van der Waals surface area contributed by atoms with Gasteiger partial charge in [0.15, 0.2) is 0 Å². The van der Waals surface area contributed by atoms with Crippen molar-refractivity contribution in [3.05, 3.63) is 101 Å². The molecule has 6 rings (SSSR count). The van der Waals surface area contributed by atoms with Crippen molar-refractivity contribution in [2.45, 2.75) is 0 Å². The van der Waals surface area contributed by atoms with E-state index in [4.69, 9.17) is 28.2 Å². The number of para-hydroxylation sites is 2. The van der Waals surface area contributed by atoms with Crippen LogP contribution in [0.25, 0.3) is 55.1 Å². The van der Waals surface area contributed by atoms with Crippen molar-refractivity contribution in [1.29, 1.82) is 0 Å². The third-order valence-electron chi connectivity index (χ3n) is 5.76. The minimum atomic E-state index is 0.699. The Labute approximate surface area is 189 Å². The molecular weight excluding hydrogens is 423 g/mol. The number of aromatic nitrogens is 2. The van der Waals surface area contributed by atoms with Crippen LogP contribution in [0.3, 0.4) is 0 Å². The zero-order valence-corrected chi connectivity index (χ0v) is 17.9. The van der Waals surface area contributed by atoms with Crippen LogP contribution in [0.4, 0.5) is 0 Å². The van der Waals surface area contributed by atoms with Crippen LogP contribution in [0, 0.1) is 0 Å². The van der Waals surface area contributed by atoms with Crippen LogP contribution in [-0.4, -0.2) is 9.97 Å². The maximum atomic E-state index is 6.94. The van der Waals surface area contributed by atoms with Gasteiger partial charge in [0.2, 0.25) is 0 Å². The van der Waals surface area contributed by atoms with Gasteiger partial charge in [0, 0.05) is 21.5 Å². The van der Waals surface area contributed by atoms with Crippen molar-refractivity contribution in [2.75, 3.05) is 0 Å². The molecule has 0 bridgehead atoms. The number of halogens is 2. The molecule has 0 aliphatic carbocycles. The van der Waals surface area contributed by atoms with Gasteiger partial charge in [0.1, 0.15) is 5.82 Å². The Kier molecular flexibility index (Phi) is 4.24. The molecule has 0 fully saturated rings. The molecule has 6 aromatic rings. The first kappa shape index (κ1) is 18.4. The molecule has 0 aliphatic heterocycles. The predicted octanol–water partition coefficient (Wildman–Crippen LogP) is 8.51. The number of aromatic amines is 1. The zero-order chi connectivity index (χ0) is 20.9. The molecule has 4 heteroatoms. The van der Waals surface area contributed by atoms with Crippen molar-refractivity contribution < 1.29 is 0 Å². The molecule has 0 saturated heterocycles. The topological polar surface area (TPSA) is 28.7 Å². The average Bonchev–Trinajstić information content (AvgIpc) is 3.22. The van der Waals surface area contributed by atoms with Gasteiger partial charge in [0.25, 0.3) is 0 Å². The molecule has 0 amide bonds. The number of nitrogens with zero attached hydrogens (tertiary/aromatic N) is 1. The highest BCUT2D eigenvalue weighted by Crippen LogP contribution is 2.42. The highest BCUT2D eigenvalue weighted by atomic mass is 35.5. The normalized spacial score (nSPS) is 11.5. The summed E-state index contributed by atoms with van der Waals surface area (Å²) in [6.45, 7) is 0. The van der Waals surface area contributed by atoms with Crippen LogP contribution in [0.5, 0.6) is 0 Å². The SMILES string of the molecule is Clc1ccc2c(Cl)c(-c3ccc4ccccc4c3-c3nc4ccccc4[nH]3)ccc2c1. The number of imidazole rings is 1. The summed E-state index contributed by atoms with van der Waals surface area (Å²) < 4.78 is 0. The number of hydrogen-bond acceptors (Lipinski definition) is 1. The summed E-state index contributed by atoms with van der Waals surface area (Å²) in [5, 5.41) is 5.70. The average molecular weight is 439 g/mol. The van der Waals surface area contributed by atoms with E-state index in [0.29, 0.717) is 10.0 Å². The lowest BCUT2D eigenvalue weighted by atomic mass is 9.92. The highest BCUT2D eigenvalue weighted by molar-refractivity contribution is 6.39. The monoisotopic (exact) mass is 438 g/mol. The van der Waals surface area contributed by atoms with E-state index in [-0.39, 0.29) is 0 Å². The second-order valence-electron chi connectivity index (χ2n) is 7.60. The van der Waals surface area contributed by atoms with Crippen molar-refractivity contribution in [3.8, 4) is 22.5 Å². The van der Waals surface area contributed by atoms with Crippen LogP contribution in [0.2, 0.25) is 10.0 Å². The summed E-state index contributed by atoms with van der Waals surface area (Å²) in [5.74, 6) is 0.834. The minimum Gasteiger partial charge on any atom is -0.338 e. The Morgan fingerprint density at radius 3 is 2.32 bits per heavy atom. The number of hydrogen-bond donors (Lipinski definition) is 1. The summed E-state index contributed by atoms with van der Waals surface area (Å²) in [6, 6.07) is 30.6. The van der Waals surface area contributed by atoms with Gasteiger partial charge in [-0.25, -0.2) is 4.98 Å². The van der Waals surface area contributed by atoms with E-state index in [2.05, 4.69) is 53.5 Å². The predicted molar refractivity (Wildman–Crippen MR) is 132 cm³/mol. The minimum absolute atomic E-state index is 0.699. The van der Waals surface area contributed by atoms with E-state index in [1.54, 1.807) is 0 Å². The second kappa shape index (κ2) is 7.12. The van der Waals surface area contributed by atoms with E-state index >= 15 is 0 Å². The lowest BCUT2D eigenvalue weighted by molar-refractivity contribution is 1.35. The van der Waals surface area contributed by atoms with Crippen LogP contribution in [0.15, 0.2) is 91.0 Å². The maximum absolute atomic E-state index is 6.94. The standard InChI is InChI=1S/C27H16Cl2N2/c28-18-11-14-20-17(15-18)10-13-22(26(20)29)21-12-9-16-5-1-2-6-19(16)25(21)27-30-23-7-3-4-8-24(23)31-27/h1-15H,(H,30,31). The molecule has 2 nitrogen and oxygen atoms in total. The van der Waals surface area contributed by atoms with Gasteiger partial charge in [0.05, 0.1) is 16.1 Å². The molecule has 0 unspecified atom stereocenters. The lowest BCUT2D eigenvalue weighted by Gasteiger charge is -2.14. The van der Waals surface area contributed by atoms with Crippen molar-refractivity contribution in [3.63, 3.8) is 0 Å². The molecule has 31 heavy (non-hydrogen) atoms. The van der Waals surface area contributed by atoms with Crippen LogP contribution < -0.4 is 0 Å². The highest BCUT2D eigenvalue weighted by Gasteiger charge is 2.18. The fraction of sp³-hybridized carbons (Fsp3) is 0. The molecule has 148 valence electrons. The van der Waals surface area contributed by atoms with E-state index in [1.165, 1.54) is 0 Å². The van der Waals surface area contributed by atoms with Gasteiger partial charge < -0.3 is 4.98 Å². The summed E-state index contributed by atoms with van der Waals surface area (Å²) in [5.41, 5.74) is 5.01. The van der Waals surface area contributed by atoms with Gasteiger partial charge in [-0.1, -0.05) is 89.9 Å². The number of benzene rings is 5. The molecule has 0 aliphatic rings. The van der Waals surface area contributed by atoms with Gasteiger partial charge in [-0.05, 0) is 46.0 Å². The number of nitrogens with one attached hydrogen (secondary N) is 1. The molecule has 0 radical (unpaired) electrons. The zero-order valence-electron chi connectivity index (χ0n) is 16.4. The van der Waals surface area contributed by atoms with Crippen molar-refractivity contribution >= 4 is 55.8 Å². The molecule has 0 atom stereocenters. The third kappa shape index (κ3) is 2.99. The van der Waals surface area contributed by atoms with E-state index in [0.717, 1.165) is 55.1 Å². The Balaban J connectivity index is 1.70. The van der Waals surface area contributed by atoms with Gasteiger partial charge in [-0.3, -0.25) is 0 Å². The summed E-state index contributed by atoms with van der Waals surface area (Å²) in [7, 11) is 0. The molecule has 0 spiro atoms. The molecular formula is C27H16Cl2N2. The molecule has 5 aromatic carbocycles. The Bertz CT molecular complexity index is 1580. The quantitative estimate of drug-likeness (QED) is 0.288. The van der Waals surface area contributed by atoms with E-state index in [1.807, 2.05) is 42.5 Å². The number of fused-ring (bicyclic) bond motifs is 3. The Morgan fingerprint density at radius 1 is 0.645 bits per heavy atom. The Hall–Kier alpha value is -3.33. The lowest BCUT2D eigenvalue weighted by Crippen LogP contribution is -1.91. The second-order valence-corrected chi connectivity index (χ2v) is 8.42. The fourth-order valence-corrected chi connectivity index (χ4v) is 4.81. The van der Waals surface area contributed by atoms with Crippen LogP contribution in [0.1, 0.15) is 0 Å². The van der Waals surface area contributed by atoms with Crippen molar-refractivity contribution in [1.82, 2.24) is 9.97 Å². The van der Waals surface area contributed by atoms with Crippen LogP contribution >= 0.6 is 23.2 Å². The molecule has 1 N–H and O–H groups in total. The van der Waals surface area contributed by atoms with Gasteiger partial charge in [-0.2, -0.15) is 0 Å². The van der Waals surface area contributed by atoms with Crippen molar-refractivity contribution in [2.24, 2.45) is 0 Å². The maximum Gasteiger partial charge on any atom is 0.139 e. The van der Waals surface area contributed by atoms with E-state index < -0.39 is 0 Å². The Morgan fingerprint density at radius 2 is 1.42 bits per heavy atom.